The molecule has 0 radical (unpaired) electrons. The van der Waals surface area contributed by atoms with Crippen molar-refractivity contribution in [3.63, 3.8) is 0 Å². The molecule has 106 valence electrons. The van der Waals surface area contributed by atoms with Crippen molar-refractivity contribution in [2.75, 3.05) is 5.73 Å². The van der Waals surface area contributed by atoms with E-state index < -0.39 is 0 Å². The lowest BCUT2D eigenvalue weighted by atomic mass is 10.1. The van der Waals surface area contributed by atoms with Gasteiger partial charge in [0.05, 0.1) is 22.8 Å². The van der Waals surface area contributed by atoms with Gasteiger partial charge in [-0.1, -0.05) is 11.2 Å². The maximum atomic E-state index is 9.18. The number of hydrogen-bond acceptors (Lipinski definition) is 5. The Morgan fingerprint density at radius 1 is 1.38 bits per heavy atom. The van der Waals surface area contributed by atoms with Crippen LogP contribution in [-0.2, 0) is 0 Å². The minimum absolute atomic E-state index is 0.0739. The standard InChI is InChI=1S/C15H15N5O/c1-8-13(10(3)21-19-8)9(2)20-12-6-4-5-11(7-16)14(12)18-15(20)17/h4-6,9H,1-3H3,(H2,17,18). The van der Waals surface area contributed by atoms with E-state index in [0.29, 0.717) is 17.0 Å². The number of fused-ring (bicyclic) bond motifs is 1. The molecule has 6 heteroatoms. The Morgan fingerprint density at radius 3 is 2.76 bits per heavy atom. The van der Waals surface area contributed by atoms with Crippen molar-refractivity contribution >= 4 is 17.0 Å². The number of imidazole rings is 1. The number of nitrogen functional groups attached to an aromatic ring is 1. The van der Waals surface area contributed by atoms with E-state index >= 15 is 0 Å². The minimum atomic E-state index is -0.0739. The molecule has 21 heavy (non-hydrogen) atoms. The molecule has 0 saturated heterocycles. The third-order valence-electron chi connectivity index (χ3n) is 3.76. The number of anilines is 1. The Bertz CT molecular complexity index is 849. The second-order valence-electron chi connectivity index (χ2n) is 5.04. The molecule has 0 amide bonds. The summed E-state index contributed by atoms with van der Waals surface area (Å²) in [5.41, 5.74) is 9.87. The van der Waals surface area contributed by atoms with E-state index in [4.69, 9.17) is 10.3 Å². The second kappa shape index (κ2) is 4.63. The van der Waals surface area contributed by atoms with Gasteiger partial charge in [-0.15, -0.1) is 0 Å². The van der Waals surface area contributed by atoms with Crippen LogP contribution < -0.4 is 5.73 Å². The highest BCUT2D eigenvalue weighted by Gasteiger charge is 2.22. The Kier molecular flexibility index (Phi) is 2.91. The van der Waals surface area contributed by atoms with Crippen LogP contribution in [0.3, 0.4) is 0 Å². The first kappa shape index (κ1) is 13.2. The van der Waals surface area contributed by atoms with Gasteiger partial charge in [-0.05, 0) is 32.9 Å². The van der Waals surface area contributed by atoms with Crippen LogP contribution in [0, 0.1) is 25.2 Å². The van der Waals surface area contributed by atoms with Crippen LogP contribution in [0.25, 0.3) is 11.0 Å². The topological polar surface area (TPSA) is 93.7 Å². The predicted octanol–water partition coefficient (Wildman–Crippen LogP) is 2.70. The molecule has 2 heterocycles. The van der Waals surface area contributed by atoms with E-state index in [1.54, 1.807) is 6.07 Å². The van der Waals surface area contributed by atoms with Crippen LogP contribution in [0.5, 0.6) is 0 Å². The van der Waals surface area contributed by atoms with Crippen molar-refractivity contribution in [3.8, 4) is 6.07 Å². The smallest absolute Gasteiger partial charge is 0.201 e. The maximum Gasteiger partial charge on any atom is 0.201 e. The number of para-hydroxylation sites is 1. The molecular weight excluding hydrogens is 266 g/mol. The third-order valence-corrected chi connectivity index (χ3v) is 3.76. The molecule has 0 spiro atoms. The van der Waals surface area contributed by atoms with Gasteiger partial charge < -0.3 is 14.8 Å². The summed E-state index contributed by atoms with van der Waals surface area (Å²) in [7, 11) is 0. The first-order valence-electron chi connectivity index (χ1n) is 6.64. The maximum absolute atomic E-state index is 9.18. The van der Waals surface area contributed by atoms with E-state index in [1.807, 2.05) is 37.5 Å². The Morgan fingerprint density at radius 2 is 2.14 bits per heavy atom. The normalized spacial score (nSPS) is 12.5. The Balaban J connectivity index is 2.26. The van der Waals surface area contributed by atoms with Crippen molar-refractivity contribution < 1.29 is 4.52 Å². The van der Waals surface area contributed by atoms with Gasteiger partial charge >= 0.3 is 0 Å². The largest absolute Gasteiger partial charge is 0.369 e. The van der Waals surface area contributed by atoms with Crippen molar-refractivity contribution in [3.05, 3.63) is 40.8 Å². The molecule has 1 aromatic carbocycles. The van der Waals surface area contributed by atoms with Gasteiger partial charge in [0.25, 0.3) is 0 Å². The average molecular weight is 281 g/mol. The van der Waals surface area contributed by atoms with E-state index in [9.17, 15) is 5.26 Å². The van der Waals surface area contributed by atoms with E-state index in [-0.39, 0.29) is 6.04 Å². The number of aromatic nitrogens is 3. The summed E-state index contributed by atoms with van der Waals surface area (Å²) in [6.45, 7) is 5.79. The summed E-state index contributed by atoms with van der Waals surface area (Å²) >= 11 is 0. The number of benzene rings is 1. The highest BCUT2D eigenvalue weighted by atomic mass is 16.5. The summed E-state index contributed by atoms with van der Waals surface area (Å²) in [6, 6.07) is 7.55. The molecule has 0 aliphatic carbocycles. The zero-order valence-electron chi connectivity index (χ0n) is 12.1. The van der Waals surface area contributed by atoms with Crippen molar-refractivity contribution in [1.29, 1.82) is 5.26 Å². The Hall–Kier alpha value is -2.81. The summed E-state index contributed by atoms with van der Waals surface area (Å²) in [5.74, 6) is 1.14. The molecule has 1 atom stereocenters. The van der Waals surface area contributed by atoms with Crippen LogP contribution in [-0.4, -0.2) is 14.7 Å². The van der Waals surface area contributed by atoms with Gasteiger partial charge in [0.1, 0.15) is 17.3 Å². The lowest BCUT2D eigenvalue weighted by Gasteiger charge is -2.15. The number of aryl methyl sites for hydroxylation is 2. The minimum Gasteiger partial charge on any atom is -0.369 e. The van der Waals surface area contributed by atoms with Gasteiger partial charge in [0, 0.05) is 5.56 Å². The quantitative estimate of drug-likeness (QED) is 0.779. The second-order valence-corrected chi connectivity index (χ2v) is 5.04. The summed E-state index contributed by atoms with van der Waals surface area (Å²) in [5, 5.41) is 13.2. The molecule has 3 rings (SSSR count). The van der Waals surface area contributed by atoms with Crippen LogP contribution in [0.2, 0.25) is 0 Å². The van der Waals surface area contributed by atoms with Gasteiger partial charge in [0.15, 0.2) is 0 Å². The first-order chi connectivity index (χ1) is 10.0. The fourth-order valence-electron chi connectivity index (χ4n) is 2.85. The molecule has 2 N–H and O–H groups in total. The van der Waals surface area contributed by atoms with E-state index in [2.05, 4.69) is 16.2 Å². The molecule has 6 nitrogen and oxygen atoms in total. The fourth-order valence-corrected chi connectivity index (χ4v) is 2.85. The first-order valence-corrected chi connectivity index (χ1v) is 6.64. The monoisotopic (exact) mass is 281 g/mol. The van der Waals surface area contributed by atoms with Crippen LogP contribution >= 0.6 is 0 Å². The van der Waals surface area contributed by atoms with Gasteiger partial charge in [-0.25, -0.2) is 4.98 Å². The molecule has 0 aliphatic heterocycles. The molecule has 1 unspecified atom stereocenters. The van der Waals surface area contributed by atoms with Crippen molar-refractivity contribution in [1.82, 2.24) is 14.7 Å². The van der Waals surface area contributed by atoms with Gasteiger partial charge in [-0.2, -0.15) is 5.26 Å². The highest BCUT2D eigenvalue weighted by Crippen LogP contribution is 2.31. The van der Waals surface area contributed by atoms with Crippen LogP contribution in [0.15, 0.2) is 22.7 Å². The Labute approximate surface area is 121 Å². The zero-order valence-corrected chi connectivity index (χ0v) is 12.1. The SMILES string of the molecule is Cc1noc(C)c1C(C)n1c(N)nc2c(C#N)cccc21. The molecule has 0 saturated carbocycles. The molecule has 0 bridgehead atoms. The molecule has 0 aliphatic rings. The van der Waals surface area contributed by atoms with Gasteiger partial charge in [-0.3, -0.25) is 0 Å². The van der Waals surface area contributed by atoms with E-state index in [0.717, 1.165) is 22.5 Å². The van der Waals surface area contributed by atoms with Crippen molar-refractivity contribution in [2.24, 2.45) is 0 Å². The van der Waals surface area contributed by atoms with E-state index in [1.165, 1.54) is 0 Å². The number of nitriles is 1. The molecule has 0 fully saturated rings. The third kappa shape index (κ3) is 1.86. The summed E-state index contributed by atoms with van der Waals surface area (Å²) < 4.78 is 7.14. The number of nitrogens with two attached hydrogens (primary N) is 1. The van der Waals surface area contributed by atoms with Crippen LogP contribution in [0.4, 0.5) is 5.95 Å². The zero-order chi connectivity index (χ0) is 15.1. The summed E-state index contributed by atoms with van der Waals surface area (Å²) in [4.78, 5) is 4.34. The number of hydrogen-bond donors (Lipinski definition) is 1. The average Bonchev–Trinajstić information content (AvgIpc) is 2.97. The fraction of sp³-hybridized carbons (Fsp3) is 0.267. The lowest BCUT2D eigenvalue weighted by Crippen LogP contribution is -2.11. The highest BCUT2D eigenvalue weighted by molar-refractivity contribution is 5.84. The molecule has 3 aromatic rings. The molecular formula is C15H15N5O. The van der Waals surface area contributed by atoms with Crippen LogP contribution in [0.1, 0.15) is 35.5 Å². The van der Waals surface area contributed by atoms with Gasteiger partial charge in [0.2, 0.25) is 5.95 Å². The number of rotatable bonds is 2. The molecule has 2 aromatic heterocycles. The predicted molar refractivity (Wildman–Crippen MR) is 78.7 cm³/mol. The lowest BCUT2D eigenvalue weighted by molar-refractivity contribution is 0.391. The number of nitrogens with zero attached hydrogens (tertiary/aromatic N) is 4. The summed E-state index contributed by atoms with van der Waals surface area (Å²) in [6.07, 6.45) is 0. The van der Waals surface area contributed by atoms with Crippen molar-refractivity contribution in [2.45, 2.75) is 26.8 Å².